The van der Waals surface area contributed by atoms with Crippen molar-refractivity contribution in [3.05, 3.63) is 359 Å². The van der Waals surface area contributed by atoms with Crippen molar-refractivity contribution in [1.82, 2.24) is 0 Å². The van der Waals surface area contributed by atoms with Crippen LogP contribution in [0.3, 0.4) is 0 Å². The molecule has 2 aliphatic rings. The molecule has 2 heterocycles. The van der Waals surface area contributed by atoms with Gasteiger partial charge in [0.15, 0.2) is 0 Å². The molecule has 0 N–H and O–H groups in total. The summed E-state index contributed by atoms with van der Waals surface area (Å²) in [7, 11) is 0. The predicted octanol–water partition coefficient (Wildman–Crippen LogP) is 20.9. The van der Waals surface area contributed by atoms with E-state index in [2.05, 4.69) is 325 Å². The Morgan fingerprint density at radius 2 is 0.512 bits per heavy atom. The first-order valence-corrected chi connectivity index (χ1v) is 29.4. The van der Waals surface area contributed by atoms with E-state index in [-0.39, 0.29) is 0 Å². The largest absolute Gasteiger partial charge is 0.363 e. The van der Waals surface area contributed by atoms with Gasteiger partial charge in [-0.1, -0.05) is 279 Å². The summed E-state index contributed by atoms with van der Waals surface area (Å²) in [6.07, 6.45) is 4.90. The van der Waals surface area contributed by atoms with Crippen molar-refractivity contribution < 1.29 is 0 Å². The fraction of sp³-hybridized carbons (Fsp3) is 0.0488. The molecule has 398 valence electrons. The van der Waals surface area contributed by atoms with Crippen LogP contribution in [0.5, 0.6) is 0 Å². The Balaban J connectivity index is 0.904. The zero-order valence-electron chi connectivity index (χ0n) is 46.7. The van der Waals surface area contributed by atoms with E-state index in [0.29, 0.717) is 0 Å². The fourth-order valence-corrected chi connectivity index (χ4v) is 13.3. The van der Waals surface area contributed by atoms with Gasteiger partial charge >= 0.3 is 0 Å². The second kappa shape index (κ2) is 22.1. The quantitative estimate of drug-likeness (QED) is 0.0889. The lowest BCUT2D eigenvalue weighted by molar-refractivity contribution is 0.880. The number of hydrogen-bond donors (Lipinski definition) is 0. The van der Waals surface area contributed by atoms with Gasteiger partial charge in [0, 0.05) is 37.6 Å². The van der Waals surface area contributed by atoms with Crippen LogP contribution >= 0.6 is 0 Å². The number of benzene rings is 13. The minimum Gasteiger partial charge on any atom is -0.363 e. The van der Waals surface area contributed by atoms with Crippen LogP contribution in [0.15, 0.2) is 303 Å². The van der Waals surface area contributed by atoms with Crippen molar-refractivity contribution in [2.24, 2.45) is 0 Å². The second-order valence-corrected chi connectivity index (χ2v) is 22.3. The Morgan fingerprint density at radius 1 is 0.238 bits per heavy atom. The molecule has 0 unspecified atom stereocenters. The van der Waals surface area contributed by atoms with Crippen LogP contribution in [0.1, 0.15) is 55.6 Å². The molecule has 0 atom stereocenters. The number of anilines is 2. The van der Waals surface area contributed by atoms with E-state index in [4.69, 9.17) is 0 Å². The van der Waals surface area contributed by atoms with Gasteiger partial charge in [-0.05, 0) is 169 Å². The molecule has 2 aliphatic heterocycles. The lowest BCUT2D eigenvalue weighted by Crippen LogP contribution is -2.14. The van der Waals surface area contributed by atoms with E-state index < -0.39 is 0 Å². The minimum atomic E-state index is 0.799. The molecule has 0 aliphatic carbocycles. The Bertz CT molecular complexity index is 4230. The first-order valence-electron chi connectivity index (χ1n) is 29.4. The van der Waals surface area contributed by atoms with Gasteiger partial charge < -0.3 is 9.80 Å². The summed E-state index contributed by atoms with van der Waals surface area (Å²) in [5.74, 6) is 0. The zero-order valence-corrected chi connectivity index (χ0v) is 46.7. The molecule has 0 radical (unpaired) electrons. The molecule has 0 amide bonds. The summed E-state index contributed by atoms with van der Waals surface area (Å²) in [6.45, 7) is 3.20. The summed E-state index contributed by atoms with van der Waals surface area (Å²) in [4.78, 5) is 5.11. The summed E-state index contributed by atoms with van der Waals surface area (Å²) < 4.78 is 0. The highest BCUT2D eigenvalue weighted by atomic mass is 15.1. The number of hydrogen-bond acceptors (Lipinski definition) is 2. The Labute approximate surface area is 492 Å². The Kier molecular flexibility index (Phi) is 13.3. The average Bonchev–Trinajstić information content (AvgIpc) is 2.72. The van der Waals surface area contributed by atoms with Gasteiger partial charge in [0.2, 0.25) is 0 Å². The molecule has 15 rings (SSSR count). The molecule has 2 heteroatoms. The van der Waals surface area contributed by atoms with Crippen LogP contribution < -0.4 is 9.80 Å². The van der Waals surface area contributed by atoms with Crippen molar-refractivity contribution in [1.29, 1.82) is 0 Å². The normalized spacial score (nSPS) is 13.1. The van der Waals surface area contributed by atoms with Crippen LogP contribution in [0.25, 0.3) is 89.4 Å². The Morgan fingerprint density at radius 3 is 0.857 bits per heavy atom. The van der Waals surface area contributed by atoms with E-state index in [9.17, 15) is 0 Å². The van der Waals surface area contributed by atoms with Gasteiger partial charge in [0.1, 0.15) is 0 Å². The number of rotatable bonds is 12. The SMILES string of the molecule is C(=C(\c1ccccc1)c1ccc(-c2ccccc2)cc1)/c1ccc(-c2c3ccccc3c(-c3ccc(/C=C(\c4ccccc4)c4ccc(-c5ccccc5)cc4)c4c3CN(c3ccccc3)C4)c3ccccc23)c2c1CN(c1ccccc1)C2. The maximum absolute atomic E-state index is 2.56. The molecule has 0 saturated carbocycles. The fourth-order valence-electron chi connectivity index (χ4n) is 13.3. The molecular weight excluding hydrogens is 1010 g/mol. The van der Waals surface area contributed by atoms with Gasteiger partial charge in [-0.2, -0.15) is 0 Å². The lowest BCUT2D eigenvalue weighted by Gasteiger charge is -2.22. The maximum atomic E-state index is 2.56. The summed E-state index contributed by atoms with van der Waals surface area (Å²) in [5.41, 5.74) is 27.7. The van der Waals surface area contributed by atoms with Gasteiger partial charge in [-0.25, -0.2) is 0 Å². The van der Waals surface area contributed by atoms with Crippen molar-refractivity contribution in [3.63, 3.8) is 0 Å². The lowest BCUT2D eigenvalue weighted by atomic mass is 9.82. The van der Waals surface area contributed by atoms with Crippen LogP contribution in [0.2, 0.25) is 0 Å². The molecule has 0 spiro atoms. The van der Waals surface area contributed by atoms with Gasteiger partial charge in [0.05, 0.1) is 0 Å². The third-order valence-corrected chi connectivity index (χ3v) is 17.4. The highest BCUT2D eigenvalue weighted by Crippen LogP contribution is 2.50. The minimum absolute atomic E-state index is 0.799. The van der Waals surface area contributed by atoms with Crippen molar-refractivity contribution in [2.75, 3.05) is 9.80 Å². The molecule has 84 heavy (non-hydrogen) atoms. The highest BCUT2D eigenvalue weighted by molar-refractivity contribution is 6.22. The molecule has 13 aromatic rings. The number of nitrogens with zero attached hydrogens (tertiary/aromatic N) is 2. The van der Waals surface area contributed by atoms with E-state index in [0.717, 1.165) is 26.2 Å². The first-order chi connectivity index (χ1) is 41.7. The van der Waals surface area contributed by atoms with E-state index in [1.165, 1.54) is 144 Å². The maximum Gasteiger partial charge on any atom is 0.0443 e. The van der Waals surface area contributed by atoms with Crippen molar-refractivity contribution in [3.8, 4) is 44.5 Å². The topological polar surface area (TPSA) is 6.48 Å². The van der Waals surface area contributed by atoms with Crippen molar-refractivity contribution >= 4 is 56.2 Å². The molecule has 0 bridgehead atoms. The second-order valence-electron chi connectivity index (χ2n) is 22.3. The number of para-hydroxylation sites is 2. The smallest absolute Gasteiger partial charge is 0.0443 e. The molecular formula is C82H60N2. The molecule has 0 saturated heterocycles. The van der Waals surface area contributed by atoms with Crippen LogP contribution in [0, 0.1) is 0 Å². The van der Waals surface area contributed by atoms with Crippen LogP contribution in [-0.4, -0.2) is 0 Å². The highest BCUT2D eigenvalue weighted by Gasteiger charge is 2.30. The van der Waals surface area contributed by atoms with Crippen LogP contribution in [0.4, 0.5) is 11.4 Å². The van der Waals surface area contributed by atoms with E-state index >= 15 is 0 Å². The molecule has 2 nitrogen and oxygen atoms in total. The third kappa shape index (κ3) is 9.48. The average molecular weight is 1070 g/mol. The van der Waals surface area contributed by atoms with Gasteiger partial charge in [0.25, 0.3) is 0 Å². The van der Waals surface area contributed by atoms with Gasteiger partial charge in [-0.3, -0.25) is 0 Å². The first kappa shape index (κ1) is 50.4. The van der Waals surface area contributed by atoms with E-state index in [1.54, 1.807) is 0 Å². The third-order valence-electron chi connectivity index (χ3n) is 17.4. The molecule has 13 aromatic carbocycles. The summed E-state index contributed by atoms with van der Waals surface area (Å²) in [5, 5.41) is 5.05. The zero-order chi connectivity index (χ0) is 55.8. The van der Waals surface area contributed by atoms with Gasteiger partial charge in [-0.15, -0.1) is 0 Å². The standard InChI is InChI=1S/C82H60N2/c1-7-23-57(24-8-1)59-39-43-63(44-40-59)75(61-27-11-3-12-28-61)51-65-47-49-73(79-55-83(53-77(65)79)67-31-15-5-16-32-67)81-69-35-19-21-37-71(69)82(72-38-22-20-36-70(72)81)74-50-48-66(78-54-84(56-80(74)78)68-33-17-6-18-34-68)52-76(62-29-13-4-14-30-62)64-45-41-60(42-46-64)58-25-9-2-10-26-58/h1-52H,53-56H2/b75-51-,76-52+. The van der Waals surface area contributed by atoms with Crippen LogP contribution in [-0.2, 0) is 26.2 Å². The Hall–Kier alpha value is -10.5. The van der Waals surface area contributed by atoms with E-state index in [1.807, 2.05) is 0 Å². The molecule has 0 fully saturated rings. The monoisotopic (exact) mass is 1070 g/mol. The predicted molar refractivity (Wildman–Crippen MR) is 356 cm³/mol. The summed E-state index contributed by atoms with van der Waals surface area (Å²) >= 11 is 0. The van der Waals surface area contributed by atoms with Crippen molar-refractivity contribution in [2.45, 2.75) is 26.2 Å². The number of fused-ring (bicyclic) bond motifs is 4. The summed E-state index contributed by atoms with van der Waals surface area (Å²) in [6, 6.07) is 111. The molecule has 0 aromatic heterocycles.